The molecule has 4 heteroatoms. The van der Waals surface area contributed by atoms with Crippen molar-refractivity contribution in [1.82, 2.24) is 4.90 Å². The van der Waals surface area contributed by atoms with Crippen molar-refractivity contribution in [3.63, 3.8) is 0 Å². The van der Waals surface area contributed by atoms with Crippen LogP contribution in [-0.4, -0.2) is 23.1 Å². The molecule has 1 atom stereocenters. The lowest BCUT2D eigenvalue weighted by atomic mass is 10.1. The number of rotatable bonds is 5. The van der Waals surface area contributed by atoms with E-state index in [0.29, 0.717) is 18.2 Å². The maximum atomic E-state index is 13.1. The summed E-state index contributed by atoms with van der Waals surface area (Å²) >= 11 is 0. The second kappa shape index (κ2) is 5.96. The van der Waals surface area contributed by atoms with Gasteiger partial charge in [-0.15, -0.1) is 0 Å². The maximum absolute atomic E-state index is 13.1. The van der Waals surface area contributed by atoms with Crippen LogP contribution in [0.3, 0.4) is 0 Å². The summed E-state index contributed by atoms with van der Waals surface area (Å²) in [5, 5.41) is 8.99. The highest BCUT2D eigenvalue weighted by atomic mass is 19.1. The van der Waals surface area contributed by atoms with Crippen LogP contribution in [0.25, 0.3) is 0 Å². The summed E-state index contributed by atoms with van der Waals surface area (Å²) in [6, 6.07) is 2.71. The van der Waals surface area contributed by atoms with E-state index < -0.39 is 17.4 Å². The number of hydrogen-bond acceptors (Lipinski definition) is 2. The Labute approximate surface area is 101 Å². The zero-order chi connectivity index (χ0) is 13.0. The SMILES string of the molecule is CCCC(C)N(C)Cc1cc(F)c(O)c(F)c1. The Morgan fingerprint density at radius 3 is 2.29 bits per heavy atom. The van der Waals surface area contributed by atoms with Gasteiger partial charge < -0.3 is 5.11 Å². The van der Waals surface area contributed by atoms with Crippen LogP contribution in [0.5, 0.6) is 5.75 Å². The van der Waals surface area contributed by atoms with E-state index >= 15 is 0 Å². The van der Waals surface area contributed by atoms with E-state index in [-0.39, 0.29) is 0 Å². The topological polar surface area (TPSA) is 23.5 Å². The summed E-state index contributed by atoms with van der Waals surface area (Å²) in [7, 11) is 1.92. The van der Waals surface area contributed by atoms with Gasteiger partial charge in [-0.2, -0.15) is 0 Å². The lowest BCUT2D eigenvalue weighted by Crippen LogP contribution is -2.28. The second-order valence-corrected chi connectivity index (χ2v) is 4.46. The van der Waals surface area contributed by atoms with Crippen LogP contribution in [0, 0.1) is 11.6 Å². The molecule has 1 aromatic rings. The average Bonchev–Trinajstić information content (AvgIpc) is 2.26. The zero-order valence-corrected chi connectivity index (χ0v) is 10.5. The van der Waals surface area contributed by atoms with E-state index in [2.05, 4.69) is 13.8 Å². The van der Waals surface area contributed by atoms with Gasteiger partial charge in [0.25, 0.3) is 0 Å². The number of aromatic hydroxyl groups is 1. The van der Waals surface area contributed by atoms with Crippen molar-refractivity contribution in [2.75, 3.05) is 7.05 Å². The third kappa shape index (κ3) is 3.66. The molecule has 0 aliphatic rings. The molecule has 0 aliphatic heterocycles. The first-order chi connectivity index (χ1) is 7.95. The van der Waals surface area contributed by atoms with Gasteiger partial charge >= 0.3 is 0 Å². The minimum atomic E-state index is -0.906. The predicted molar refractivity (Wildman–Crippen MR) is 63.9 cm³/mol. The lowest BCUT2D eigenvalue weighted by molar-refractivity contribution is 0.236. The Morgan fingerprint density at radius 1 is 1.29 bits per heavy atom. The molecule has 0 radical (unpaired) electrons. The number of halogens is 2. The Hall–Kier alpha value is -1.16. The molecule has 2 nitrogen and oxygen atoms in total. The Bertz CT molecular complexity index is 359. The van der Waals surface area contributed by atoms with E-state index in [1.807, 2.05) is 11.9 Å². The molecule has 0 bridgehead atoms. The normalized spacial score (nSPS) is 13.1. The highest BCUT2D eigenvalue weighted by molar-refractivity contribution is 5.29. The van der Waals surface area contributed by atoms with Crippen molar-refractivity contribution in [3.8, 4) is 5.75 Å². The average molecular weight is 243 g/mol. The number of hydrogen-bond donors (Lipinski definition) is 1. The number of phenolic OH excluding ortho intramolecular Hbond substituents is 1. The summed E-state index contributed by atoms with van der Waals surface area (Å²) in [6.45, 7) is 4.65. The third-order valence-corrected chi connectivity index (χ3v) is 2.97. The van der Waals surface area contributed by atoms with Crippen LogP contribution in [0.1, 0.15) is 32.3 Å². The van der Waals surface area contributed by atoms with Crippen molar-refractivity contribution in [2.45, 2.75) is 39.3 Å². The van der Waals surface area contributed by atoms with E-state index in [1.54, 1.807) is 0 Å². The fourth-order valence-corrected chi connectivity index (χ4v) is 1.79. The van der Waals surface area contributed by atoms with Crippen molar-refractivity contribution in [2.24, 2.45) is 0 Å². The standard InChI is InChI=1S/C13H19F2NO/c1-4-5-9(2)16(3)8-10-6-11(14)13(17)12(15)7-10/h6-7,9,17H,4-5,8H2,1-3H3. The minimum Gasteiger partial charge on any atom is -0.503 e. The Balaban J connectivity index is 2.75. The molecule has 0 aromatic heterocycles. The number of nitrogens with zero attached hydrogens (tertiary/aromatic N) is 1. The molecule has 1 unspecified atom stereocenters. The molecule has 0 heterocycles. The first kappa shape index (κ1) is 13.9. The van der Waals surface area contributed by atoms with Gasteiger partial charge in [-0.25, -0.2) is 8.78 Å². The molecule has 0 spiro atoms. The molecule has 0 saturated heterocycles. The number of phenols is 1. The molecule has 0 amide bonds. The van der Waals surface area contributed by atoms with Gasteiger partial charge in [0, 0.05) is 12.6 Å². The lowest BCUT2D eigenvalue weighted by Gasteiger charge is -2.24. The van der Waals surface area contributed by atoms with Gasteiger partial charge in [0.15, 0.2) is 17.4 Å². The summed E-state index contributed by atoms with van der Waals surface area (Å²) in [4.78, 5) is 2.04. The van der Waals surface area contributed by atoms with Crippen molar-refractivity contribution >= 4 is 0 Å². The smallest absolute Gasteiger partial charge is 0.187 e. The van der Waals surface area contributed by atoms with Crippen LogP contribution in [-0.2, 0) is 6.54 Å². The van der Waals surface area contributed by atoms with Gasteiger partial charge in [-0.3, -0.25) is 4.90 Å². The van der Waals surface area contributed by atoms with E-state index in [4.69, 9.17) is 5.11 Å². The van der Waals surface area contributed by atoms with Crippen LogP contribution >= 0.6 is 0 Å². The molecule has 1 N–H and O–H groups in total. The van der Waals surface area contributed by atoms with Gasteiger partial charge in [0.05, 0.1) is 0 Å². The molecule has 1 rings (SSSR count). The predicted octanol–water partition coefficient (Wildman–Crippen LogP) is 3.29. The zero-order valence-electron chi connectivity index (χ0n) is 10.5. The van der Waals surface area contributed by atoms with Gasteiger partial charge in [0.1, 0.15) is 0 Å². The highest BCUT2D eigenvalue weighted by Gasteiger charge is 2.13. The van der Waals surface area contributed by atoms with Crippen molar-refractivity contribution in [3.05, 3.63) is 29.3 Å². The van der Waals surface area contributed by atoms with E-state index in [9.17, 15) is 8.78 Å². The summed E-state index contributed by atoms with van der Waals surface area (Å²) < 4.78 is 26.3. The van der Waals surface area contributed by atoms with E-state index in [1.165, 1.54) is 12.1 Å². The summed E-state index contributed by atoms with van der Waals surface area (Å²) in [5.41, 5.74) is 0.531. The molecule has 0 aliphatic carbocycles. The van der Waals surface area contributed by atoms with Gasteiger partial charge in [-0.05, 0) is 38.1 Å². The molecule has 96 valence electrons. The molecular weight excluding hydrogens is 224 g/mol. The van der Waals surface area contributed by atoms with Crippen LogP contribution in [0.15, 0.2) is 12.1 Å². The van der Waals surface area contributed by atoms with Crippen LogP contribution in [0.4, 0.5) is 8.78 Å². The first-order valence-corrected chi connectivity index (χ1v) is 5.82. The monoisotopic (exact) mass is 243 g/mol. The molecular formula is C13H19F2NO. The molecule has 0 fully saturated rings. The van der Waals surface area contributed by atoms with Crippen molar-refractivity contribution in [1.29, 1.82) is 0 Å². The largest absolute Gasteiger partial charge is 0.503 e. The van der Waals surface area contributed by atoms with Crippen LogP contribution in [0.2, 0.25) is 0 Å². The second-order valence-electron chi connectivity index (χ2n) is 4.46. The maximum Gasteiger partial charge on any atom is 0.187 e. The fourth-order valence-electron chi connectivity index (χ4n) is 1.79. The molecule has 17 heavy (non-hydrogen) atoms. The Morgan fingerprint density at radius 2 is 1.82 bits per heavy atom. The molecule has 1 aromatic carbocycles. The summed E-state index contributed by atoms with van der Waals surface area (Å²) in [6.07, 6.45) is 2.11. The van der Waals surface area contributed by atoms with Crippen molar-refractivity contribution < 1.29 is 13.9 Å². The number of benzene rings is 1. The van der Waals surface area contributed by atoms with Gasteiger partial charge in [0.2, 0.25) is 0 Å². The minimum absolute atomic E-state index is 0.361. The highest BCUT2D eigenvalue weighted by Crippen LogP contribution is 2.22. The quantitative estimate of drug-likeness (QED) is 0.857. The van der Waals surface area contributed by atoms with E-state index in [0.717, 1.165) is 12.8 Å². The Kier molecular flexibility index (Phi) is 4.87. The van der Waals surface area contributed by atoms with Gasteiger partial charge in [-0.1, -0.05) is 13.3 Å². The summed E-state index contributed by atoms with van der Waals surface area (Å²) in [5.74, 6) is -2.72. The third-order valence-electron chi connectivity index (χ3n) is 2.97. The fraction of sp³-hybridized carbons (Fsp3) is 0.538. The molecule has 0 saturated carbocycles. The van der Waals surface area contributed by atoms with Crippen LogP contribution < -0.4 is 0 Å². The first-order valence-electron chi connectivity index (χ1n) is 5.82.